The standard InChI is InChI=1S/C14H29NO4/c1-6-18-9-7-8-14(5,11-16)10-15-12(17)19-13(2,3)4/h16H,6-11H2,1-5H3,(H,15,17). The summed E-state index contributed by atoms with van der Waals surface area (Å²) in [5.41, 5.74) is -0.845. The molecule has 0 aromatic heterocycles. The van der Waals surface area contributed by atoms with Gasteiger partial charge in [0.25, 0.3) is 0 Å². The molecule has 2 N–H and O–H groups in total. The first-order valence-electron chi connectivity index (χ1n) is 6.88. The van der Waals surface area contributed by atoms with E-state index in [2.05, 4.69) is 5.32 Å². The highest BCUT2D eigenvalue weighted by atomic mass is 16.6. The van der Waals surface area contributed by atoms with Crippen molar-refractivity contribution in [2.45, 2.75) is 53.1 Å². The van der Waals surface area contributed by atoms with E-state index in [1.807, 2.05) is 34.6 Å². The lowest BCUT2D eigenvalue weighted by atomic mass is 9.86. The molecule has 0 aromatic carbocycles. The fourth-order valence-corrected chi connectivity index (χ4v) is 1.57. The van der Waals surface area contributed by atoms with Gasteiger partial charge in [0, 0.05) is 25.2 Å². The highest BCUT2D eigenvalue weighted by Gasteiger charge is 2.25. The number of nitrogens with one attached hydrogen (secondary N) is 1. The molecule has 0 heterocycles. The van der Waals surface area contributed by atoms with Crippen molar-refractivity contribution in [3.63, 3.8) is 0 Å². The predicted molar refractivity (Wildman–Crippen MR) is 75.2 cm³/mol. The van der Waals surface area contributed by atoms with Gasteiger partial charge in [-0.2, -0.15) is 0 Å². The Balaban J connectivity index is 4.05. The zero-order valence-electron chi connectivity index (χ0n) is 12.9. The van der Waals surface area contributed by atoms with Gasteiger partial charge in [0.15, 0.2) is 0 Å². The van der Waals surface area contributed by atoms with Crippen molar-refractivity contribution < 1.29 is 19.4 Å². The van der Waals surface area contributed by atoms with Crippen molar-refractivity contribution in [2.24, 2.45) is 5.41 Å². The fraction of sp³-hybridized carbons (Fsp3) is 0.929. The lowest BCUT2D eigenvalue weighted by Crippen LogP contribution is -2.40. The number of hydrogen-bond donors (Lipinski definition) is 2. The van der Waals surface area contributed by atoms with Crippen LogP contribution in [0, 0.1) is 5.41 Å². The number of rotatable bonds is 8. The third kappa shape index (κ3) is 9.73. The molecule has 114 valence electrons. The average molecular weight is 275 g/mol. The largest absolute Gasteiger partial charge is 0.444 e. The zero-order chi connectivity index (χ0) is 14.9. The number of aliphatic hydroxyl groups is 1. The quantitative estimate of drug-likeness (QED) is 0.667. The third-order valence-corrected chi connectivity index (χ3v) is 2.71. The maximum atomic E-state index is 11.6. The van der Waals surface area contributed by atoms with E-state index in [0.717, 1.165) is 12.8 Å². The van der Waals surface area contributed by atoms with Crippen LogP contribution in [-0.2, 0) is 9.47 Å². The number of amides is 1. The van der Waals surface area contributed by atoms with Gasteiger partial charge < -0.3 is 19.9 Å². The van der Waals surface area contributed by atoms with Gasteiger partial charge in [0.05, 0.1) is 6.61 Å². The number of aliphatic hydroxyl groups excluding tert-OH is 1. The van der Waals surface area contributed by atoms with Crippen molar-refractivity contribution in [3.8, 4) is 0 Å². The first-order valence-corrected chi connectivity index (χ1v) is 6.88. The minimum Gasteiger partial charge on any atom is -0.444 e. The van der Waals surface area contributed by atoms with Crippen LogP contribution in [0.1, 0.15) is 47.5 Å². The van der Waals surface area contributed by atoms with Crippen LogP contribution in [0.5, 0.6) is 0 Å². The molecule has 19 heavy (non-hydrogen) atoms. The minimum atomic E-state index is -0.505. The number of alkyl carbamates (subject to hydrolysis) is 1. The third-order valence-electron chi connectivity index (χ3n) is 2.71. The smallest absolute Gasteiger partial charge is 0.407 e. The van der Waals surface area contributed by atoms with Crippen molar-refractivity contribution in [2.75, 3.05) is 26.4 Å². The van der Waals surface area contributed by atoms with Gasteiger partial charge >= 0.3 is 6.09 Å². The van der Waals surface area contributed by atoms with Crippen LogP contribution < -0.4 is 5.32 Å². The molecular weight excluding hydrogens is 246 g/mol. The van der Waals surface area contributed by atoms with Gasteiger partial charge in [-0.15, -0.1) is 0 Å². The van der Waals surface area contributed by atoms with Crippen LogP contribution in [0.3, 0.4) is 0 Å². The SMILES string of the molecule is CCOCCCC(C)(CO)CNC(=O)OC(C)(C)C. The molecule has 0 aliphatic heterocycles. The molecule has 0 rings (SSSR count). The molecular formula is C14H29NO4. The van der Waals surface area contributed by atoms with Crippen molar-refractivity contribution >= 4 is 6.09 Å². The molecule has 0 saturated heterocycles. The Kier molecular flexibility index (Phi) is 8.02. The molecule has 0 bridgehead atoms. The molecule has 0 spiro atoms. The lowest BCUT2D eigenvalue weighted by Gasteiger charge is -2.28. The van der Waals surface area contributed by atoms with E-state index in [1.54, 1.807) is 0 Å². The second kappa shape index (κ2) is 8.38. The van der Waals surface area contributed by atoms with Crippen LogP contribution in [0.25, 0.3) is 0 Å². The Bertz CT molecular complexity index is 263. The summed E-state index contributed by atoms with van der Waals surface area (Å²) in [7, 11) is 0. The number of carbonyl (C=O) groups excluding carboxylic acids is 1. The van der Waals surface area contributed by atoms with E-state index in [9.17, 15) is 9.90 Å². The van der Waals surface area contributed by atoms with Crippen LogP contribution in [-0.4, -0.2) is 43.2 Å². The molecule has 0 radical (unpaired) electrons. The molecule has 5 heteroatoms. The molecule has 0 aliphatic carbocycles. The van der Waals surface area contributed by atoms with Crippen molar-refractivity contribution in [1.82, 2.24) is 5.32 Å². The minimum absolute atomic E-state index is 0.0227. The summed E-state index contributed by atoms with van der Waals surface area (Å²) in [6.07, 6.45) is 1.21. The fourth-order valence-electron chi connectivity index (χ4n) is 1.57. The Hall–Kier alpha value is -0.810. The first-order chi connectivity index (χ1) is 8.72. The van der Waals surface area contributed by atoms with Gasteiger partial charge in [0.2, 0.25) is 0 Å². The molecule has 0 fully saturated rings. The van der Waals surface area contributed by atoms with Gasteiger partial charge in [-0.05, 0) is 40.5 Å². The summed E-state index contributed by atoms with van der Waals surface area (Å²) in [6.45, 7) is 11.1. The summed E-state index contributed by atoms with van der Waals surface area (Å²) < 4.78 is 10.4. The summed E-state index contributed by atoms with van der Waals surface area (Å²) in [5.74, 6) is 0. The van der Waals surface area contributed by atoms with E-state index in [1.165, 1.54) is 0 Å². The monoisotopic (exact) mass is 275 g/mol. The summed E-state index contributed by atoms with van der Waals surface area (Å²) in [5, 5.41) is 12.2. The Labute approximate surface area is 116 Å². The highest BCUT2D eigenvalue weighted by molar-refractivity contribution is 5.67. The highest BCUT2D eigenvalue weighted by Crippen LogP contribution is 2.21. The van der Waals surface area contributed by atoms with E-state index in [-0.39, 0.29) is 12.0 Å². The topological polar surface area (TPSA) is 67.8 Å². The molecule has 1 amide bonds. The maximum absolute atomic E-state index is 11.6. The van der Waals surface area contributed by atoms with Crippen LogP contribution in [0.4, 0.5) is 4.79 Å². The van der Waals surface area contributed by atoms with Crippen molar-refractivity contribution in [1.29, 1.82) is 0 Å². The molecule has 5 nitrogen and oxygen atoms in total. The van der Waals surface area contributed by atoms with E-state index >= 15 is 0 Å². The summed E-state index contributed by atoms with van der Waals surface area (Å²) >= 11 is 0. The second-order valence-electron chi connectivity index (χ2n) is 6.12. The normalized spacial score (nSPS) is 14.8. The molecule has 1 atom stereocenters. The second-order valence-corrected chi connectivity index (χ2v) is 6.12. The Morgan fingerprint density at radius 3 is 2.37 bits per heavy atom. The van der Waals surface area contributed by atoms with E-state index in [4.69, 9.17) is 9.47 Å². The van der Waals surface area contributed by atoms with Gasteiger partial charge in [-0.1, -0.05) is 6.92 Å². The molecule has 0 saturated carbocycles. The average Bonchev–Trinajstić information content (AvgIpc) is 2.30. The van der Waals surface area contributed by atoms with Crippen LogP contribution in [0.2, 0.25) is 0 Å². The lowest BCUT2D eigenvalue weighted by molar-refractivity contribution is 0.0461. The molecule has 0 aliphatic rings. The molecule has 0 aromatic rings. The number of ether oxygens (including phenoxy) is 2. The summed E-state index contributed by atoms with van der Waals surface area (Å²) in [4.78, 5) is 11.6. The van der Waals surface area contributed by atoms with Crippen molar-refractivity contribution in [3.05, 3.63) is 0 Å². The van der Waals surface area contributed by atoms with Gasteiger partial charge in [-0.3, -0.25) is 0 Å². The first kappa shape index (κ1) is 18.2. The van der Waals surface area contributed by atoms with Crippen LogP contribution in [0.15, 0.2) is 0 Å². The Morgan fingerprint density at radius 2 is 1.89 bits per heavy atom. The molecule has 1 unspecified atom stereocenters. The maximum Gasteiger partial charge on any atom is 0.407 e. The van der Waals surface area contributed by atoms with Crippen LogP contribution >= 0.6 is 0 Å². The predicted octanol–water partition coefficient (Wildman–Crippen LogP) is 2.33. The zero-order valence-corrected chi connectivity index (χ0v) is 12.9. The van der Waals surface area contributed by atoms with E-state index in [0.29, 0.717) is 19.8 Å². The van der Waals surface area contributed by atoms with E-state index < -0.39 is 11.7 Å². The summed E-state index contributed by atoms with van der Waals surface area (Å²) in [6, 6.07) is 0. The van der Waals surface area contributed by atoms with Gasteiger partial charge in [-0.25, -0.2) is 4.79 Å². The Morgan fingerprint density at radius 1 is 1.26 bits per heavy atom. The number of hydrogen-bond acceptors (Lipinski definition) is 4. The number of carbonyl (C=O) groups is 1. The van der Waals surface area contributed by atoms with Gasteiger partial charge in [0.1, 0.15) is 5.60 Å².